The summed E-state index contributed by atoms with van der Waals surface area (Å²) in [5.41, 5.74) is 1.58. The maximum atomic E-state index is 12.4. The zero-order valence-electron chi connectivity index (χ0n) is 14.3. The summed E-state index contributed by atoms with van der Waals surface area (Å²) in [4.78, 5) is 12.1. The first kappa shape index (κ1) is 18.6. The van der Waals surface area contributed by atoms with Crippen molar-refractivity contribution in [3.63, 3.8) is 0 Å². The summed E-state index contributed by atoms with van der Waals surface area (Å²) in [6.45, 7) is 0.426. The molecular formula is C19H16F3NO4. The number of fused-ring (bicyclic) bond motifs is 1. The molecule has 0 atom stereocenters. The van der Waals surface area contributed by atoms with Gasteiger partial charge in [-0.3, -0.25) is 4.79 Å². The molecule has 0 aromatic heterocycles. The van der Waals surface area contributed by atoms with Crippen LogP contribution >= 0.6 is 0 Å². The van der Waals surface area contributed by atoms with E-state index in [-0.39, 0.29) is 18.2 Å². The molecule has 0 bridgehead atoms. The van der Waals surface area contributed by atoms with E-state index >= 15 is 0 Å². The van der Waals surface area contributed by atoms with Crippen molar-refractivity contribution in [3.8, 4) is 17.2 Å². The van der Waals surface area contributed by atoms with Gasteiger partial charge in [0.2, 0.25) is 12.7 Å². The van der Waals surface area contributed by atoms with Crippen LogP contribution in [0.1, 0.15) is 11.1 Å². The van der Waals surface area contributed by atoms with Crippen molar-refractivity contribution in [1.29, 1.82) is 0 Å². The topological polar surface area (TPSA) is 56.8 Å². The van der Waals surface area contributed by atoms with E-state index in [1.54, 1.807) is 37.3 Å². The molecule has 1 N–H and O–H groups in total. The molecule has 27 heavy (non-hydrogen) atoms. The van der Waals surface area contributed by atoms with E-state index in [2.05, 4.69) is 5.32 Å². The Labute approximate surface area is 153 Å². The minimum absolute atomic E-state index is 0.0443. The van der Waals surface area contributed by atoms with Gasteiger partial charge >= 0.3 is 6.18 Å². The first-order chi connectivity index (χ1) is 12.8. The number of halogens is 3. The maximum Gasteiger partial charge on any atom is 0.422 e. The number of alkyl halides is 3. The predicted octanol–water partition coefficient (Wildman–Crippen LogP) is 4.32. The minimum atomic E-state index is -4.47. The lowest BCUT2D eigenvalue weighted by Gasteiger charge is -2.14. The molecule has 0 spiro atoms. The van der Waals surface area contributed by atoms with Gasteiger partial charge in [0, 0.05) is 6.08 Å². The predicted molar refractivity (Wildman–Crippen MR) is 93.0 cm³/mol. The van der Waals surface area contributed by atoms with Crippen LogP contribution in [0.4, 0.5) is 18.9 Å². The van der Waals surface area contributed by atoms with E-state index in [0.717, 1.165) is 0 Å². The van der Waals surface area contributed by atoms with Crippen molar-refractivity contribution in [3.05, 3.63) is 53.6 Å². The number of hydrogen-bond acceptors (Lipinski definition) is 4. The first-order valence-electron chi connectivity index (χ1n) is 7.99. The Balaban J connectivity index is 1.68. The summed E-state index contributed by atoms with van der Waals surface area (Å²) in [7, 11) is 0. The fraction of sp³-hybridized carbons (Fsp3) is 0.211. The van der Waals surface area contributed by atoms with Gasteiger partial charge < -0.3 is 19.5 Å². The molecule has 1 heterocycles. The standard InChI is InChI=1S/C19H16F3NO4/c1-12-2-5-14(16(8-12)25-10-19(20,21)22)23-18(24)7-4-13-3-6-15-17(9-13)27-11-26-15/h2-9H,10-11H2,1H3,(H,23,24)/b7-4+. The molecular weight excluding hydrogens is 363 g/mol. The SMILES string of the molecule is Cc1ccc(NC(=O)/C=C/c2ccc3c(c2)OCO3)c(OCC(F)(F)F)c1. The molecule has 0 aliphatic carbocycles. The van der Waals surface area contributed by atoms with Gasteiger partial charge in [0.15, 0.2) is 18.1 Å². The van der Waals surface area contributed by atoms with Crippen molar-refractivity contribution >= 4 is 17.7 Å². The summed E-state index contributed by atoms with van der Waals surface area (Å²) >= 11 is 0. The second-order valence-corrected chi connectivity index (χ2v) is 5.84. The van der Waals surface area contributed by atoms with Crippen LogP contribution in [0.25, 0.3) is 6.08 Å². The monoisotopic (exact) mass is 379 g/mol. The third kappa shape index (κ3) is 5.16. The molecule has 0 radical (unpaired) electrons. The Bertz CT molecular complexity index is 878. The third-order valence-corrected chi connectivity index (χ3v) is 3.61. The maximum absolute atomic E-state index is 12.4. The number of ether oxygens (including phenoxy) is 3. The molecule has 2 aromatic carbocycles. The Morgan fingerprint density at radius 2 is 1.96 bits per heavy atom. The average molecular weight is 379 g/mol. The number of nitrogens with one attached hydrogen (secondary N) is 1. The van der Waals surface area contributed by atoms with Crippen LogP contribution in [-0.2, 0) is 4.79 Å². The van der Waals surface area contributed by atoms with Gasteiger partial charge in [-0.25, -0.2) is 0 Å². The van der Waals surface area contributed by atoms with E-state index in [9.17, 15) is 18.0 Å². The number of hydrogen-bond donors (Lipinski definition) is 1. The lowest BCUT2D eigenvalue weighted by atomic mass is 10.2. The number of amides is 1. The van der Waals surface area contributed by atoms with Crippen LogP contribution in [0.2, 0.25) is 0 Å². The largest absolute Gasteiger partial charge is 0.482 e. The smallest absolute Gasteiger partial charge is 0.422 e. The van der Waals surface area contributed by atoms with Crippen molar-refractivity contribution in [2.45, 2.75) is 13.1 Å². The highest BCUT2D eigenvalue weighted by atomic mass is 19.4. The van der Waals surface area contributed by atoms with Crippen LogP contribution in [0.3, 0.4) is 0 Å². The van der Waals surface area contributed by atoms with Crippen LogP contribution in [-0.4, -0.2) is 25.5 Å². The summed E-state index contributed by atoms with van der Waals surface area (Å²) in [5, 5.41) is 2.52. The minimum Gasteiger partial charge on any atom is -0.482 e. The summed E-state index contributed by atoms with van der Waals surface area (Å²) in [5.74, 6) is 0.659. The number of anilines is 1. The molecule has 0 fully saturated rings. The molecule has 0 saturated heterocycles. The molecule has 2 aromatic rings. The van der Waals surface area contributed by atoms with Crippen LogP contribution in [0.5, 0.6) is 17.2 Å². The van der Waals surface area contributed by atoms with Crippen LogP contribution < -0.4 is 19.5 Å². The van der Waals surface area contributed by atoms with Gasteiger partial charge in [-0.1, -0.05) is 12.1 Å². The quantitative estimate of drug-likeness (QED) is 0.787. The van der Waals surface area contributed by atoms with Gasteiger partial charge in [-0.15, -0.1) is 0 Å². The van der Waals surface area contributed by atoms with Gasteiger partial charge in [-0.2, -0.15) is 13.2 Å². The van der Waals surface area contributed by atoms with Crippen molar-refractivity contribution < 1.29 is 32.2 Å². The van der Waals surface area contributed by atoms with Crippen molar-refractivity contribution in [2.75, 3.05) is 18.7 Å². The van der Waals surface area contributed by atoms with E-state index in [0.29, 0.717) is 22.6 Å². The Morgan fingerprint density at radius 3 is 2.74 bits per heavy atom. The van der Waals surface area contributed by atoms with E-state index in [1.807, 2.05) is 0 Å². The number of carbonyl (C=O) groups excluding carboxylic acids is 1. The van der Waals surface area contributed by atoms with Gasteiger partial charge in [0.05, 0.1) is 5.69 Å². The van der Waals surface area contributed by atoms with E-state index in [4.69, 9.17) is 14.2 Å². The third-order valence-electron chi connectivity index (χ3n) is 3.61. The van der Waals surface area contributed by atoms with Gasteiger partial charge in [0.25, 0.3) is 0 Å². The van der Waals surface area contributed by atoms with E-state index in [1.165, 1.54) is 18.2 Å². The number of carbonyl (C=O) groups is 1. The fourth-order valence-electron chi connectivity index (χ4n) is 2.37. The molecule has 142 valence electrons. The van der Waals surface area contributed by atoms with Crippen LogP contribution in [0, 0.1) is 6.92 Å². The average Bonchev–Trinajstić information content (AvgIpc) is 3.07. The van der Waals surface area contributed by atoms with Gasteiger partial charge in [-0.05, 0) is 48.4 Å². The highest BCUT2D eigenvalue weighted by Crippen LogP contribution is 2.33. The molecule has 8 heteroatoms. The summed E-state index contributed by atoms with van der Waals surface area (Å²) < 4.78 is 52.5. The second-order valence-electron chi connectivity index (χ2n) is 5.84. The number of aryl methyl sites for hydroxylation is 1. The fourth-order valence-corrected chi connectivity index (χ4v) is 2.37. The lowest BCUT2D eigenvalue weighted by molar-refractivity contribution is -0.153. The molecule has 1 aliphatic rings. The molecule has 5 nitrogen and oxygen atoms in total. The van der Waals surface area contributed by atoms with Gasteiger partial charge in [0.1, 0.15) is 5.75 Å². The Kier molecular flexibility index (Phi) is 5.25. The van der Waals surface area contributed by atoms with Crippen molar-refractivity contribution in [2.24, 2.45) is 0 Å². The zero-order valence-corrected chi connectivity index (χ0v) is 14.3. The summed E-state index contributed by atoms with van der Waals surface area (Å²) in [6.07, 6.45) is -1.64. The normalized spacial score (nSPS) is 13.0. The molecule has 0 unspecified atom stereocenters. The second kappa shape index (κ2) is 7.61. The molecule has 3 rings (SSSR count). The molecule has 1 aliphatic heterocycles. The van der Waals surface area contributed by atoms with Crippen molar-refractivity contribution in [1.82, 2.24) is 0 Å². The van der Waals surface area contributed by atoms with E-state index < -0.39 is 18.7 Å². The number of rotatable bonds is 5. The highest BCUT2D eigenvalue weighted by molar-refractivity contribution is 6.02. The highest BCUT2D eigenvalue weighted by Gasteiger charge is 2.29. The Hall–Kier alpha value is -3.16. The summed E-state index contributed by atoms with van der Waals surface area (Å²) in [6, 6.07) is 9.79. The Morgan fingerprint density at radius 1 is 1.19 bits per heavy atom. The lowest BCUT2D eigenvalue weighted by Crippen LogP contribution is -2.20. The number of benzene rings is 2. The zero-order chi connectivity index (χ0) is 19.4. The molecule has 1 amide bonds. The molecule has 0 saturated carbocycles. The first-order valence-corrected chi connectivity index (χ1v) is 7.99. The van der Waals surface area contributed by atoms with Crippen LogP contribution in [0.15, 0.2) is 42.5 Å².